The molecule has 110 valence electrons. The van der Waals surface area contributed by atoms with Crippen molar-refractivity contribution in [1.29, 1.82) is 0 Å². The lowest BCUT2D eigenvalue weighted by Gasteiger charge is -2.33. The van der Waals surface area contributed by atoms with Crippen molar-refractivity contribution in [3.8, 4) is 0 Å². The molecule has 0 saturated carbocycles. The number of nitrogens with one attached hydrogen (secondary N) is 1. The maximum atomic E-state index is 12.5. The monoisotopic (exact) mass is 294 g/mol. The molecular formula is C16H23ClN2O. The van der Waals surface area contributed by atoms with Crippen LogP contribution in [-0.2, 0) is 4.79 Å². The molecule has 1 aliphatic heterocycles. The van der Waals surface area contributed by atoms with Crippen LogP contribution in [0, 0.1) is 11.8 Å². The van der Waals surface area contributed by atoms with E-state index in [4.69, 9.17) is 11.6 Å². The zero-order valence-electron chi connectivity index (χ0n) is 12.2. The van der Waals surface area contributed by atoms with Crippen molar-refractivity contribution in [3.05, 3.63) is 29.3 Å². The van der Waals surface area contributed by atoms with E-state index in [2.05, 4.69) is 24.2 Å². The molecule has 1 atom stereocenters. The second-order valence-corrected chi connectivity index (χ2v) is 6.09. The summed E-state index contributed by atoms with van der Waals surface area (Å²) in [6.07, 6.45) is 3.11. The Morgan fingerprint density at radius 2 is 2.15 bits per heavy atom. The summed E-state index contributed by atoms with van der Waals surface area (Å²) in [4.78, 5) is 14.8. The van der Waals surface area contributed by atoms with Crippen molar-refractivity contribution < 1.29 is 4.79 Å². The van der Waals surface area contributed by atoms with E-state index < -0.39 is 0 Å². The lowest BCUT2D eigenvalue weighted by molar-refractivity contribution is -0.122. The Bertz CT molecular complexity index is 456. The second kappa shape index (κ2) is 7.09. The Morgan fingerprint density at radius 1 is 1.45 bits per heavy atom. The smallest absolute Gasteiger partial charge is 0.227 e. The van der Waals surface area contributed by atoms with E-state index in [1.807, 2.05) is 18.2 Å². The highest BCUT2D eigenvalue weighted by atomic mass is 35.5. The summed E-state index contributed by atoms with van der Waals surface area (Å²) in [6.45, 7) is 4.28. The zero-order valence-corrected chi connectivity index (χ0v) is 13.0. The van der Waals surface area contributed by atoms with Crippen molar-refractivity contribution in [1.82, 2.24) is 4.90 Å². The minimum absolute atomic E-state index is 0.0997. The van der Waals surface area contributed by atoms with E-state index >= 15 is 0 Å². The van der Waals surface area contributed by atoms with Crippen molar-refractivity contribution in [2.75, 3.05) is 25.5 Å². The van der Waals surface area contributed by atoms with Crippen LogP contribution in [-0.4, -0.2) is 30.9 Å². The Kier molecular flexibility index (Phi) is 5.44. The van der Waals surface area contributed by atoms with Crippen molar-refractivity contribution in [2.24, 2.45) is 11.8 Å². The van der Waals surface area contributed by atoms with Crippen molar-refractivity contribution in [2.45, 2.75) is 26.2 Å². The molecule has 1 saturated heterocycles. The highest BCUT2D eigenvalue weighted by Crippen LogP contribution is 2.28. The average Bonchev–Trinajstić information content (AvgIpc) is 2.42. The Labute approximate surface area is 126 Å². The molecule has 1 amide bonds. The summed E-state index contributed by atoms with van der Waals surface area (Å²) in [5, 5.41) is 3.65. The molecule has 1 unspecified atom stereocenters. The number of carbonyl (C=O) groups is 1. The quantitative estimate of drug-likeness (QED) is 0.919. The van der Waals surface area contributed by atoms with Gasteiger partial charge in [0, 0.05) is 16.6 Å². The van der Waals surface area contributed by atoms with Crippen LogP contribution >= 0.6 is 11.6 Å². The average molecular weight is 295 g/mol. The van der Waals surface area contributed by atoms with Crippen LogP contribution < -0.4 is 5.32 Å². The SMILES string of the molecule is CCC(C(=O)Nc1cccc(Cl)c1)C1CCN(C)CC1. The molecule has 2 rings (SSSR count). The maximum absolute atomic E-state index is 12.5. The van der Waals surface area contributed by atoms with Gasteiger partial charge >= 0.3 is 0 Å². The third-order valence-corrected chi connectivity index (χ3v) is 4.44. The fraction of sp³-hybridized carbons (Fsp3) is 0.562. The fourth-order valence-electron chi connectivity index (χ4n) is 2.96. The lowest BCUT2D eigenvalue weighted by atomic mass is 9.82. The van der Waals surface area contributed by atoms with Crippen LogP contribution in [0.25, 0.3) is 0 Å². The zero-order chi connectivity index (χ0) is 14.5. The molecule has 0 radical (unpaired) electrons. The molecular weight excluding hydrogens is 272 g/mol. The minimum atomic E-state index is 0.0997. The standard InChI is InChI=1S/C16H23ClN2O/c1-3-15(12-7-9-19(2)10-8-12)16(20)18-14-6-4-5-13(17)11-14/h4-6,11-12,15H,3,7-10H2,1-2H3,(H,18,20). The molecule has 1 fully saturated rings. The molecule has 1 N–H and O–H groups in total. The van der Waals surface area contributed by atoms with E-state index in [0.29, 0.717) is 10.9 Å². The number of hydrogen-bond acceptors (Lipinski definition) is 2. The van der Waals surface area contributed by atoms with Crippen LogP contribution in [0.1, 0.15) is 26.2 Å². The fourth-order valence-corrected chi connectivity index (χ4v) is 3.16. The summed E-state index contributed by atoms with van der Waals surface area (Å²) in [5.74, 6) is 0.724. The molecule has 0 bridgehead atoms. The Morgan fingerprint density at radius 3 is 2.75 bits per heavy atom. The first-order valence-corrected chi connectivity index (χ1v) is 7.73. The van der Waals surface area contributed by atoms with Gasteiger partial charge in [0.2, 0.25) is 5.91 Å². The number of anilines is 1. The predicted molar refractivity (Wildman–Crippen MR) is 84.1 cm³/mol. The Hall–Kier alpha value is -1.06. The van der Waals surface area contributed by atoms with Gasteiger partial charge in [0.25, 0.3) is 0 Å². The van der Waals surface area contributed by atoms with Gasteiger partial charge < -0.3 is 10.2 Å². The second-order valence-electron chi connectivity index (χ2n) is 5.66. The number of nitrogens with zero attached hydrogens (tertiary/aromatic N) is 1. The largest absolute Gasteiger partial charge is 0.326 e. The maximum Gasteiger partial charge on any atom is 0.227 e. The predicted octanol–water partition coefficient (Wildman–Crippen LogP) is 3.65. The molecule has 1 aromatic rings. The van der Waals surface area contributed by atoms with Gasteiger partial charge in [0.1, 0.15) is 0 Å². The number of benzene rings is 1. The van der Waals surface area contributed by atoms with Gasteiger partial charge in [0.05, 0.1) is 0 Å². The number of amides is 1. The molecule has 0 aliphatic carbocycles. The molecule has 1 heterocycles. The van der Waals surface area contributed by atoms with Crippen molar-refractivity contribution >= 4 is 23.2 Å². The topological polar surface area (TPSA) is 32.3 Å². The number of carbonyl (C=O) groups excluding carboxylic acids is 1. The number of rotatable bonds is 4. The normalized spacial score (nSPS) is 18.8. The first-order chi connectivity index (χ1) is 9.60. The van der Waals surface area contributed by atoms with E-state index in [9.17, 15) is 4.79 Å². The molecule has 1 aromatic carbocycles. The summed E-state index contributed by atoms with van der Waals surface area (Å²) in [7, 11) is 2.14. The highest BCUT2D eigenvalue weighted by molar-refractivity contribution is 6.30. The van der Waals surface area contributed by atoms with Crippen LogP contribution in [0.5, 0.6) is 0 Å². The third-order valence-electron chi connectivity index (χ3n) is 4.20. The van der Waals surface area contributed by atoms with Gasteiger partial charge in [-0.2, -0.15) is 0 Å². The van der Waals surface area contributed by atoms with Gasteiger partial charge in [-0.05, 0) is 63.5 Å². The number of hydrogen-bond donors (Lipinski definition) is 1. The van der Waals surface area contributed by atoms with Gasteiger partial charge in [-0.15, -0.1) is 0 Å². The van der Waals surface area contributed by atoms with E-state index in [0.717, 1.165) is 38.0 Å². The van der Waals surface area contributed by atoms with Gasteiger partial charge in [-0.25, -0.2) is 0 Å². The summed E-state index contributed by atoms with van der Waals surface area (Å²) in [6, 6.07) is 7.34. The van der Waals surface area contributed by atoms with Crippen LogP contribution in [0.3, 0.4) is 0 Å². The molecule has 20 heavy (non-hydrogen) atoms. The van der Waals surface area contributed by atoms with E-state index in [1.165, 1.54) is 0 Å². The number of halogens is 1. The number of likely N-dealkylation sites (tertiary alicyclic amines) is 1. The van der Waals surface area contributed by atoms with E-state index in [1.54, 1.807) is 6.07 Å². The molecule has 3 nitrogen and oxygen atoms in total. The summed E-state index contributed by atoms with van der Waals surface area (Å²) >= 11 is 5.95. The molecule has 0 spiro atoms. The molecule has 4 heteroatoms. The lowest BCUT2D eigenvalue weighted by Crippen LogP contribution is -2.37. The molecule has 1 aliphatic rings. The summed E-state index contributed by atoms with van der Waals surface area (Å²) in [5.41, 5.74) is 0.786. The first kappa shape index (κ1) is 15.3. The van der Waals surface area contributed by atoms with Gasteiger partial charge in [-0.3, -0.25) is 4.79 Å². The molecule has 0 aromatic heterocycles. The van der Waals surface area contributed by atoms with Crippen LogP contribution in [0.2, 0.25) is 5.02 Å². The van der Waals surface area contributed by atoms with Crippen molar-refractivity contribution in [3.63, 3.8) is 0 Å². The first-order valence-electron chi connectivity index (χ1n) is 7.35. The van der Waals surface area contributed by atoms with Gasteiger partial charge in [-0.1, -0.05) is 24.6 Å². The van der Waals surface area contributed by atoms with Crippen LogP contribution in [0.15, 0.2) is 24.3 Å². The number of piperidine rings is 1. The van der Waals surface area contributed by atoms with Gasteiger partial charge in [0.15, 0.2) is 0 Å². The van der Waals surface area contributed by atoms with Crippen LogP contribution in [0.4, 0.5) is 5.69 Å². The summed E-state index contributed by atoms with van der Waals surface area (Å²) < 4.78 is 0. The van der Waals surface area contributed by atoms with E-state index in [-0.39, 0.29) is 11.8 Å². The highest BCUT2D eigenvalue weighted by Gasteiger charge is 2.29. The Balaban J connectivity index is 1.98. The third kappa shape index (κ3) is 3.97. The minimum Gasteiger partial charge on any atom is -0.326 e.